The van der Waals surface area contributed by atoms with Crippen LogP contribution in [0.25, 0.3) is 0 Å². The van der Waals surface area contributed by atoms with E-state index < -0.39 is 0 Å². The van der Waals surface area contributed by atoms with E-state index in [-0.39, 0.29) is 12.6 Å². The highest BCUT2D eigenvalue weighted by molar-refractivity contribution is 5.89. The fraction of sp³-hybridized carbons (Fsp3) is 0.682. The molecule has 172 valence electrons. The lowest BCUT2D eigenvalue weighted by molar-refractivity contribution is -0.00862. The van der Waals surface area contributed by atoms with Gasteiger partial charge in [-0.15, -0.1) is 0 Å². The predicted octanol–water partition coefficient (Wildman–Crippen LogP) is 2.34. The topological polar surface area (TPSA) is 87.3 Å². The molecule has 0 amide bonds. The van der Waals surface area contributed by atoms with Crippen LogP contribution in [0.4, 0.5) is 5.69 Å². The number of ether oxygens (including phenoxy) is 5. The van der Waals surface area contributed by atoms with Crippen LogP contribution in [-0.4, -0.2) is 85.6 Å². The Bertz CT molecular complexity index is 527. The second-order valence-electron chi connectivity index (χ2n) is 6.55. The van der Waals surface area contributed by atoms with E-state index in [0.29, 0.717) is 58.4 Å². The Balaban J connectivity index is 1.91. The minimum Gasteiger partial charge on any atom is -0.460 e. The van der Waals surface area contributed by atoms with E-state index in [4.69, 9.17) is 23.7 Å². The molecule has 0 aliphatic carbocycles. The van der Waals surface area contributed by atoms with Crippen molar-refractivity contribution in [2.45, 2.75) is 19.8 Å². The van der Waals surface area contributed by atoms with Crippen LogP contribution in [0.3, 0.4) is 0 Å². The summed E-state index contributed by atoms with van der Waals surface area (Å²) in [5.74, 6) is -0.345. The molecule has 0 unspecified atom stereocenters. The number of unbranched alkanes of at least 4 members (excludes halogenated alkanes) is 1. The van der Waals surface area contributed by atoms with Crippen LogP contribution < -0.4 is 10.6 Å². The molecule has 0 aliphatic heterocycles. The number of nitrogens with one attached hydrogen (secondary N) is 2. The van der Waals surface area contributed by atoms with Crippen molar-refractivity contribution in [2.75, 3.05) is 84.9 Å². The number of esters is 1. The summed E-state index contributed by atoms with van der Waals surface area (Å²) >= 11 is 0. The highest BCUT2D eigenvalue weighted by Gasteiger charge is 2.06. The summed E-state index contributed by atoms with van der Waals surface area (Å²) in [4.78, 5) is 12.0. The molecule has 30 heavy (non-hydrogen) atoms. The van der Waals surface area contributed by atoms with Gasteiger partial charge in [0, 0.05) is 18.8 Å². The van der Waals surface area contributed by atoms with E-state index in [1.54, 1.807) is 12.1 Å². The van der Waals surface area contributed by atoms with Crippen molar-refractivity contribution in [1.29, 1.82) is 0 Å². The molecule has 0 aromatic heterocycles. The molecule has 0 radical (unpaired) electrons. The maximum absolute atomic E-state index is 12.0. The summed E-state index contributed by atoms with van der Waals surface area (Å²) in [5.41, 5.74) is 1.54. The van der Waals surface area contributed by atoms with Gasteiger partial charge in [0.05, 0.1) is 58.4 Å². The number of likely N-dealkylation sites (N-methyl/N-ethyl adjacent to an activating group) is 1. The zero-order valence-corrected chi connectivity index (χ0v) is 18.5. The fourth-order valence-electron chi connectivity index (χ4n) is 2.35. The van der Waals surface area contributed by atoms with E-state index >= 15 is 0 Å². The number of hydrogen-bond acceptors (Lipinski definition) is 8. The Hall–Kier alpha value is -1.71. The normalized spacial score (nSPS) is 10.9. The van der Waals surface area contributed by atoms with Gasteiger partial charge in [0.25, 0.3) is 0 Å². The molecule has 8 nitrogen and oxygen atoms in total. The van der Waals surface area contributed by atoms with Crippen LogP contribution >= 0.6 is 0 Å². The lowest BCUT2D eigenvalue weighted by atomic mass is 10.2. The first-order valence-corrected chi connectivity index (χ1v) is 10.7. The number of carbonyl (C=O) groups excluding carboxylic acids is 1. The Morgan fingerprint density at radius 2 is 1.30 bits per heavy atom. The van der Waals surface area contributed by atoms with Crippen molar-refractivity contribution in [3.63, 3.8) is 0 Å². The fourth-order valence-corrected chi connectivity index (χ4v) is 2.35. The molecule has 0 aliphatic rings. The van der Waals surface area contributed by atoms with Gasteiger partial charge in [0.1, 0.15) is 6.61 Å². The van der Waals surface area contributed by atoms with Gasteiger partial charge in [-0.3, -0.25) is 0 Å². The number of hydrogen-bond donors (Lipinski definition) is 2. The Labute approximate surface area is 180 Å². The average Bonchev–Trinajstić information content (AvgIpc) is 2.77. The maximum atomic E-state index is 12.0. The second-order valence-corrected chi connectivity index (χ2v) is 6.55. The van der Waals surface area contributed by atoms with Gasteiger partial charge < -0.3 is 34.3 Å². The van der Waals surface area contributed by atoms with Crippen molar-refractivity contribution in [3.05, 3.63) is 29.8 Å². The smallest absolute Gasteiger partial charge is 0.338 e. The monoisotopic (exact) mass is 426 g/mol. The SMILES string of the molecule is CCCCNc1ccc(C(=O)OCCOCCOCCOCCOCCNC)cc1. The Morgan fingerprint density at radius 3 is 1.83 bits per heavy atom. The van der Waals surface area contributed by atoms with Gasteiger partial charge in [-0.2, -0.15) is 0 Å². The molecule has 2 N–H and O–H groups in total. The minimum atomic E-state index is -0.345. The summed E-state index contributed by atoms with van der Waals surface area (Å²) in [6, 6.07) is 7.31. The van der Waals surface area contributed by atoms with E-state index in [1.807, 2.05) is 19.2 Å². The van der Waals surface area contributed by atoms with Crippen LogP contribution in [0.1, 0.15) is 30.1 Å². The molecule has 1 aromatic carbocycles. The van der Waals surface area contributed by atoms with Gasteiger partial charge in [0.2, 0.25) is 0 Å². The molecule has 8 heteroatoms. The lowest BCUT2D eigenvalue weighted by Gasteiger charge is -2.09. The van der Waals surface area contributed by atoms with Crippen molar-refractivity contribution in [3.8, 4) is 0 Å². The molecule has 1 rings (SSSR count). The van der Waals surface area contributed by atoms with Crippen LogP contribution in [-0.2, 0) is 23.7 Å². The van der Waals surface area contributed by atoms with Crippen LogP contribution in [0.5, 0.6) is 0 Å². The van der Waals surface area contributed by atoms with Crippen LogP contribution in [0, 0.1) is 0 Å². The summed E-state index contributed by atoms with van der Waals surface area (Å²) in [6.45, 7) is 8.27. The van der Waals surface area contributed by atoms with E-state index in [0.717, 1.165) is 31.6 Å². The minimum absolute atomic E-state index is 0.214. The summed E-state index contributed by atoms with van der Waals surface area (Å²) in [6.07, 6.45) is 2.27. The third kappa shape index (κ3) is 14.3. The molecule has 0 atom stereocenters. The van der Waals surface area contributed by atoms with Gasteiger partial charge in [-0.1, -0.05) is 13.3 Å². The van der Waals surface area contributed by atoms with E-state index in [9.17, 15) is 4.79 Å². The molecule has 0 bridgehead atoms. The summed E-state index contributed by atoms with van der Waals surface area (Å²) in [5, 5.41) is 6.32. The third-order valence-electron chi connectivity index (χ3n) is 4.05. The van der Waals surface area contributed by atoms with Gasteiger partial charge in [-0.25, -0.2) is 4.79 Å². The van der Waals surface area contributed by atoms with E-state index in [1.165, 1.54) is 0 Å². The first-order chi connectivity index (χ1) is 14.8. The maximum Gasteiger partial charge on any atom is 0.338 e. The summed E-state index contributed by atoms with van der Waals surface area (Å²) in [7, 11) is 1.89. The lowest BCUT2D eigenvalue weighted by Crippen LogP contribution is -2.17. The van der Waals surface area contributed by atoms with Crippen molar-refractivity contribution in [2.24, 2.45) is 0 Å². The number of rotatable bonds is 20. The zero-order chi connectivity index (χ0) is 21.7. The Morgan fingerprint density at radius 1 is 0.767 bits per heavy atom. The number of carbonyl (C=O) groups is 1. The molecule has 0 heterocycles. The Kier molecular flexibility index (Phi) is 16.9. The molecule has 0 saturated carbocycles. The summed E-state index contributed by atoms with van der Waals surface area (Å²) < 4.78 is 26.7. The molecule has 0 fully saturated rings. The first kappa shape index (κ1) is 26.3. The molecule has 1 aromatic rings. The zero-order valence-electron chi connectivity index (χ0n) is 18.5. The van der Waals surface area contributed by atoms with Gasteiger partial charge in [0.15, 0.2) is 0 Å². The molecular weight excluding hydrogens is 388 g/mol. The van der Waals surface area contributed by atoms with Crippen LogP contribution in [0.15, 0.2) is 24.3 Å². The molecule has 0 saturated heterocycles. The van der Waals surface area contributed by atoms with E-state index in [2.05, 4.69) is 17.6 Å². The van der Waals surface area contributed by atoms with Crippen LogP contribution in [0.2, 0.25) is 0 Å². The van der Waals surface area contributed by atoms with Gasteiger partial charge >= 0.3 is 5.97 Å². The number of benzene rings is 1. The second kappa shape index (κ2) is 19.3. The quantitative estimate of drug-likeness (QED) is 0.243. The van der Waals surface area contributed by atoms with Crippen molar-refractivity contribution < 1.29 is 28.5 Å². The van der Waals surface area contributed by atoms with Crippen molar-refractivity contribution in [1.82, 2.24) is 5.32 Å². The largest absolute Gasteiger partial charge is 0.460 e. The molecular formula is C22H38N2O6. The highest BCUT2D eigenvalue weighted by atomic mass is 16.6. The highest BCUT2D eigenvalue weighted by Crippen LogP contribution is 2.10. The first-order valence-electron chi connectivity index (χ1n) is 10.7. The average molecular weight is 427 g/mol. The predicted molar refractivity (Wildman–Crippen MR) is 117 cm³/mol. The third-order valence-corrected chi connectivity index (χ3v) is 4.05. The molecule has 0 spiro atoms. The standard InChI is InChI=1S/C22H38N2O6/c1-3-4-9-24-21-7-5-20(6-8-21)22(25)30-19-18-29-17-16-28-15-14-27-13-12-26-11-10-23-2/h5-8,23-24H,3-4,9-19H2,1-2H3. The number of anilines is 1. The van der Waals surface area contributed by atoms with Crippen molar-refractivity contribution >= 4 is 11.7 Å². The van der Waals surface area contributed by atoms with Gasteiger partial charge in [-0.05, 0) is 37.7 Å².